The Morgan fingerprint density at radius 2 is 1.81 bits per heavy atom. The Balaban J connectivity index is 2.98. The van der Waals surface area contributed by atoms with Gasteiger partial charge in [-0.1, -0.05) is 49.8 Å². The number of carbonyl (C=O) groups is 1. The van der Waals surface area contributed by atoms with E-state index in [1.807, 2.05) is 44.2 Å². The molecule has 2 heteroatoms. The molecule has 1 aromatic rings. The molecule has 0 bridgehead atoms. The Labute approximate surface area is 96.6 Å². The molecule has 0 fully saturated rings. The number of benzene rings is 1. The topological polar surface area (TPSA) is 37.3 Å². The summed E-state index contributed by atoms with van der Waals surface area (Å²) in [6, 6.07) is 9.97. The number of aliphatic carboxylic acids is 1. The number of rotatable bonds is 4. The number of carboxylic acid groups (broad SMARTS) is 1. The van der Waals surface area contributed by atoms with Gasteiger partial charge in [0.2, 0.25) is 0 Å². The summed E-state index contributed by atoms with van der Waals surface area (Å²) in [5, 5.41) is 9.02. The summed E-state index contributed by atoms with van der Waals surface area (Å²) in [4.78, 5) is 11.0. The quantitative estimate of drug-likeness (QED) is 0.787. The molecule has 1 N–H and O–H groups in total. The van der Waals surface area contributed by atoms with Gasteiger partial charge in [0.05, 0.1) is 0 Å². The van der Waals surface area contributed by atoms with Crippen molar-refractivity contribution in [3.05, 3.63) is 47.0 Å². The molecular weight excluding hydrogens is 200 g/mol. The Hall–Kier alpha value is -1.57. The van der Waals surface area contributed by atoms with Crippen molar-refractivity contribution in [1.29, 1.82) is 0 Å². The lowest BCUT2D eigenvalue weighted by atomic mass is 9.92. The van der Waals surface area contributed by atoms with Crippen LogP contribution in [0.15, 0.2) is 41.5 Å². The monoisotopic (exact) mass is 218 g/mol. The van der Waals surface area contributed by atoms with E-state index in [1.165, 1.54) is 0 Å². The first kappa shape index (κ1) is 12.5. The highest BCUT2D eigenvalue weighted by molar-refractivity contribution is 5.87. The van der Waals surface area contributed by atoms with Crippen molar-refractivity contribution in [3.63, 3.8) is 0 Å². The van der Waals surface area contributed by atoms with Crippen molar-refractivity contribution in [1.82, 2.24) is 0 Å². The van der Waals surface area contributed by atoms with E-state index in [2.05, 4.69) is 0 Å². The minimum Gasteiger partial charge on any atom is -0.478 e. The summed E-state index contributed by atoms with van der Waals surface area (Å²) in [5.74, 6) is -0.559. The predicted octanol–water partition coefficient (Wildman–Crippen LogP) is 3.29. The Kier molecular flexibility index (Phi) is 4.29. The maximum atomic E-state index is 11.0. The van der Waals surface area contributed by atoms with Crippen LogP contribution in [0.5, 0.6) is 0 Å². The maximum Gasteiger partial charge on any atom is 0.331 e. The smallest absolute Gasteiger partial charge is 0.331 e. The van der Waals surface area contributed by atoms with Crippen LogP contribution in [-0.4, -0.2) is 11.1 Å². The predicted molar refractivity (Wildman–Crippen MR) is 65.3 cm³/mol. The molecule has 2 nitrogen and oxygen atoms in total. The van der Waals surface area contributed by atoms with Crippen LogP contribution >= 0.6 is 0 Å². The summed E-state index contributed by atoms with van der Waals surface area (Å²) in [6.45, 7) is 5.75. The van der Waals surface area contributed by atoms with Crippen LogP contribution in [0.1, 0.15) is 26.3 Å². The second-order valence-electron chi connectivity index (χ2n) is 4.27. The van der Waals surface area contributed by atoms with Crippen LogP contribution in [0, 0.1) is 5.92 Å². The van der Waals surface area contributed by atoms with Gasteiger partial charge in [-0.3, -0.25) is 0 Å². The Morgan fingerprint density at radius 3 is 2.25 bits per heavy atom. The van der Waals surface area contributed by atoms with Crippen LogP contribution in [0.25, 0.3) is 0 Å². The summed E-state index contributed by atoms with van der Waals surface area (Å²) < 4.78 is 0. The first-order valence-electron chi connectivity index (χ1n) is 5.49. The van der Waals surface area contributed by atoms with Gasteiger partial charge in [-0.05, 0) is 24.8 Å². The molecule has 0 amide bonds. The second-order valence-corrected chi connectivity index (χ2v) is 4.27. The van der Waals surface area contributed by atoms with E-state index >= 15 is 0 Å². The first-order chi connectivity index (χ1) is 7.52. The first-order valence-corrected chi connectivity index (χ1v) is 5.49. The van der Waals surface area contributed by atoms with Crippen LogP contribution in [0.4, 0.5) is 0 Å². The van der Waals surface area contributed by atoms with E-state index in [9.17, 15) is 4.79 Å². The van der Waals surface area contributed by atoms with E-state index in [0.29, 0.717) is 5.57 Å². The normalized spacial score (nSPS) is 12.5. The molecule has 0 saturated carbocycles. The Bertz CT molecular complexity index is 388. The van der Waals surface area contributed by atoms with Gasteiger partial charge < -0.3 is 5.11 Å². The number of allylic oxidation sites excluding steroid dienone is 1. The molecule has 1 aromatic carbocycles. The van der Waals surface area contributed by atoms with Gasteiger partial charge in [0, 0.05) is 5.57 Å². The van der Waals surface area contributed by atoms with E-state index < -0.39 is 5.97 Å². The molecule has 86 valence electrons. The molecule has 0 spiro atoms. The number of carboxylic acids is 1. The highest BCUT2D eigenvalue weighted by Gasteiger charge is 2.13. The molecule has 0 atom stereocenters. The molecule has 0 aromatic heterocycles. The zero-order valence-electron chi connectivity index (χ0n) is 10.0. The van der Waals surface area contributed by atoms with Gasteiger partial charge in [0.15, 0.2) is 0 Å². The minimum absolute atomic E-state index is 0.260. The third kappa shape index (κ3) is 3.23. The minimum atomic E-state index is -0.820. The third-order valence-electron chi connectivity index (χ3n) is 2.74. The standard InChI is InChI=1S/C14H18O2/c1-10(2)13(11(3)14(15)16)9-12-7-5-4-6-8-12/h4-8,10H,9H2,1-3H3,(H,15,16)/b13-11+. The van der Waals surface area contributed by atoms with Crippen molar-refractivity contribution in [3.8, 4) is 0 Å². The number of hydrogen-bond donors (Lipinski definition) is 1. The van der Waals surface area contributed by atoms with Gasteiger partial charge in [0.25, 0.3) is 0 Å². The summed E-state index contributed by atoms with van der Waals surface area (Å²) in [7, 11) is 0. The highest BCUT2D eigenvalue weighted by Crippen LogP contribution is 2.20. The van der Waals surface area contributed by atoms with E-state index in [0.717, 1.165) is 17.6 Å². The average molecular weight is 218 g/mol. The molecule has 0 unspecified atom stereocenters. The Morgan fingerprint density at radius 1 is 1.25 bits per heavy atom. The lowest BCUT2D eigenvalue weighted by Gasteiger charge is -2.14. The molecule has 0 aliphatic heterocycles. The van der Waals surface area contributed by atoms with Crippen molar-refractivity contribution >= 4 is 5.97 Å². The van der Waals surface area contributed by atoms with Crippen LogP contribution in [0.2, 0.25) is 0 Å². The van der Waals surface area contributed by atoms with Gasteiger partial charge in [-0.2, -0.15) is 0 Å². The lowest BCUT2D eigenvalue weighted by molar-refractivity contribution is -0.132. The molecule has 0 radical (unpaired) electrons. The zero-order chi connectivity index (χ0) is 12.1. The fourth-order valence-electron chi connectivity index (χ4n) is 1.72. The molecule has 0 heterocycles. The maximum absolute atomic E-state index is 11.0. The van der Waals surface area contributed by atoms with Gasteiger partial charge in [-0.25, -0.2) is 4.79 Å². The SMILES string of the molecule is C/C(C(=O)O)=C(/Cc1ccccc1)C(C)C. The van der Waals surface area contributed by atoms with Crippen molar-refractivity contribution < 1.29 is 9.90 Å². The highest BCUT2D eigenvalue weighted by atomic mass is 16.4. The lowest BCUT2D eigenvalue weighted by Crippen LogP contribution is -2.08. The molecule has 16 heavy (non-hydrogen) atoms. The van der Waals surface area contributed by atoms with Crippen molar-refractivity contribution in [2.45, 2.75) is 27.2 Å². The van der Waals surface area contributed by atoms with Crippen molar-refractivity contribution in [2.75, 3.05) is 0 Å². The van der Waals surface area contributed by atoms with Crippen LogP contribution in [0.3, 0.4) is 0 Å². The van der Waals surface area contributed by atoms with Gasteiger partial charge >= 0.3 is 5.97 Å². The fourth-order valence-corrected chi connectivity index (χ4v) is 1.72. The fraction of sp³-hybridized carbons (Fsp3) is 0.357. The third-order valence-corrected chi connectivity index (χ3v) is 2.74. The van der Waals surface area contributed by atoms with Gasteiger partial charge in [0.1, 0.15) is 0 Å². The summed E-state index contributed by atoms with van der Waals surface area (Å²) in [5.41, 5.74) is 2.63. The largest absolute Gasteiger partial charge is 0.478 e. The van der Waals surface area contributed by atoms with Gasteiger partial charge in [-0.15, -0.1) is 0 Å². The summed E-state index contributed by atoms with van der Waals surface area (Å²) >= 11 is 0. The zero-order valence-corrected chi connectivity index (χ0v) is 10.0. The van der Waals surface area contributed by atoms with E-state index in [1.54, 1.807) is 6.92 Å². The second kappa shape index (κ2) is 5.50. The summed E-state index contributed by atoms with van der Waals surface area (Å²) in [6.07, 6.45) is 0.719. The molecule has 1 rings (SSSR count). The number of hydrogen-bond acceptors (Lipinski definition) is 1. The van der Waals surface area contributed by atoms with E-state index in [4.69, 9.17) is 5.11 Å². The van der Waals surface area contributed by atoms with Crippen molar-refractivity contribution in [2.24, 2.45) is 5.92 Å². The average Bonchev–Trinajstić information content (AvgIpc) is 2.26. The van der Waals surface area contributed by atoms with Crippen LogP contribution in [-0.2, 0) is 11.2 Å². The molecular formula is C14H18O2. The molecule has 0 aliphatic carbocycles. The molecule has 0 saturated heterocycles. The van der Waals surface area contributed by atoms with E-state index in [-0.39, 0.29) is 5.92 Å². The van der Waals surface area contributed by atoms with Crippen LogP contribution < -0.4 is 0 Å². The molecule has 0 aliphatic rings.